The van der Waals surface area contributed by atoms with Crippen LogP contribution in [0.4, 0.5) is 0 Å². The van der Waals surface area contributed by atoms with Crippen LogP contribution in [0.5, 0.6) is 0 Å². The Kier molecular flexibility index (Phi) is 4.55. The van der Waals surface area contributed by atoms with Gasteiger partial charge in [0, 0.05) is 25.2 Å². The maximum atomic E-state index is 12.2. The van der Waals surface area contributed by atoms with E-state index < -0.39 is 0 Å². The predicted molar refractivity (Wildman–Crippen MR) is 70.7 cm³/mol. The molecule has 1 atom stereocenters. The fraction of sp³-hybridized carbons (Fsp3) is 0.923. The van der Waals surface area contributed by atoms with Gasteiger partial charge < -0.3 is 10.6 Å². The fourth-order valence-electron chi connectivity index (χ4n) is 2.27. The molecule has 17 heavy (non-hydrogen) atoms. The Bertz CT molecular complexity index is 276. The average molecular weight is 241 g/mol. The molecule has 1 fully saturated rings. The van der Waals surface area contributed by atoms with E-state index in [1.165, 1.54) is 0 Å². The highest BCUT2D eigenvalue weighted by atomic mass is 16.2. The van der Waals surface area contributed by atoms with Crippen LogP contribution in [0.15, 0.2) is 0 Å². The summed E-state index contributed by atoms with van der Waals surface area (Å²) < 4.78 is 0. The Morgan fingerprint density at radius 3 is 2.41 bits per heavy atom. The number of rotatable bonds is 3. The quantitative estimate of drug-likeness (QED) is 0.799. The maximum absolute atomic E-state index is 12.2. The molecule has 1 heterocycles. The van der Waals surface area contributed by atoms with Gasteiger partial charge in [-0.3, -0.25) is 9.69 Å². The molecule has 4 heteroatoms. The zero-order chi connectivity index (χ0) is 13.2. The van der Waals surface area contributed by atoms with E-state index in [1.54, 1.807) is 0 Å². The van der Waals surface area contributed by atoms with Gasteiger partial charge in [0.15, 0.2) is 0 Å². The van der Waals surface area contributed by atoms with Gasteiger partial charge in [0.25, 0.3) is 0 Å². The van der Waals surface area contributed by atoms with E-state index in [0.717, 1.165) is 26.1 Å². The number of carbonyl (C=O) groups is 1. The summed E-state index contributed by atoms with van der Waals surface area (Å²) in [7, 11) is 2.11. The minimum absolute atomic E-state index is 0.0471. The summed E-state index contributed by atoms with van der Waals surface area (Å²) in [5, 5.41) is 0. The summed E-state index contributed by atoms with van der Waals surface area (Å²) in [5.74, 6) is 0.578. The molecule has 0 aromatic carbocycles. The van der Waals surface area contributed by atoms with E-state index in [4.69, 9.17) is 5.73 Å². The molecule has 0 unspecified atom stereocenters. The predicted octanol–water partition coefficient (Wildman–Crippen LogP) is 0.912. The first-order valence-corrected chi connectivity index (χ1v) is 6.49. The van der Waals surface area contributed by atoms with Crippen molar-refractivity contribution >= 4 is 5.91 Å². The van der Waals surface area contributed by atoms with Crippen molar-refractivity contribution in [1.29, 1.82) is 0 Å². The van der Waals surface area contributed by atoms with Crippen molar-refractivity contribution in [3.63, 3.8) is 0 Å². The number of nitrogens with two attached hydrogens (primary N) is 1. The van der Waals surface area contributed by atoms with E-state index >= 15 is 0 Å². The van der Waals surface area contributed by atoms with Crippen molar-refractivity contribution in [2.24, 2.45) is 11.7 Å². The zero-order valence-electron chi connectivity index (χ0n) is 11.9. The van der Waals surface area contributed by atoms with Crippen molar-refractivity contribution in [3.8, 4) is 0 Å². The summed E-state index contributed by atoms with van der Waals surface area (Å²) in [5.41, 5.74) is 6.01. The molecule has 0 radical (unpaired) electrons. The van der Waals surface area contributed by atoms with Crippen LogP contribution in [-0.2, 0) is 4.79 Å². The molecule has 0 saturated carbocycles. The van der Waals surface area contributed by atoms with Crippen LogP contribution in [0.2, 0.25) is 0 Å². The summed E-state index contributed by atoms with van der Waals surface area (Å²) in [6.07, 6.45) is 0.769. The lowest BCUT2D eigenvalue weighted by Gasteiger charge is -2.45. The second-order valence-electron chi connectivity index (χ2n) is 6.23. The second-order valence-corrected chi connectivity index (χ2v) is 6.23. The fourth-order valence-corrected chi connectivity index (χ4v) is 2.27. The summed E-state index contributed by atoms with van der Waals surface area (Å²) in [6, 6.07) is -0.339. The van der Waals surface area contributed by atoms with Crippen LogP contribution in [0.3, 0.4) is 0 Å². The van der Waals surface area contributed by atoms with E-state index in [-0.39, 0.29) is 17.5 Å². The normalized spacial score (nSPS) is 22.9. The lowest BCUT2D eigenvalue weighted by molar-refractivity contribution is -0.137. The highest BCUT2D eigenvalue weighted by Crippen LogP contribution is 2.19. The van der Waals surface area contributed by atoms with Crippen LogP contribution >= 0.6 is 0 Å². The van der Waals surface area contributed by atoms with Crippen molar-refractivity contribution in [1.82, 2.24) is 9.80 Å². The Labute approximate surface area is 105 Å². The molecule has 0 aromatic heterocycles. The third kappa shape index (κ3) is 3.68. The van der Waals surface area contributed by atoms with Gasteiger partial charge in [0.1, 0.15) is 0 Å². The van der Waals surface area contributed by atoms with Crippen LogP contribution in [0, 0.1) is 5.92 Å². The number of amides is 1. The maximum Gasteiger partial charge on any atom is 0.239 e. The van der Waals surface area contributed by atoms with E-state index in [2.05, 4.69) is 39.6 Å². The minimum Gasteiger partial charge on any atom is -0.338 e. The van der Waals surface area contributed by atoms with E-state index in [9.17, 15) is 4.79 Å². The summed E-state index contributed by atoms with van der Waals surface area (Å²) in [4.78, 5) is 16.4. The largest absolute Gasteiger partial charge is 0.338 e. The third-order valence-corrected chi connectivity index (χ3v) is 3.67. The zero-order valence-corrected chi connectivity index (χ0v) is 11.9. The first-order valence-electron chi connectivity index (χ1n) is 6.49. The number of piperazine rings is 1. The van der Waals surface area contributed by atoms with Gasteiger partial charge in [0.05, 0.1) is 6.04 Å². The Balaban J connectivity index is 2.59. The summed E-state index contributed by atoms with van der Waals surface area (Å²) in [6.45, 7) is 11.0. The lowest BCUT2D eigenvalue weighted by atomic mass is 9.97. The highest BCUT2D eigenvalue weighted by molar-refractivity contribution is 5.81. The Morgan fingerprint density at radius 2 is 1.94 bits per heavy atom. The molecule has 0 bridgehead atoms. The summed E-state index contributed by atoms with van der Waals surface area (Å²) >= 11 is 0. The topological polar surface area (TPSA) is 49.6 Å². The molecule has 1 aliphatic rings. The second kappa shape index (κ2) is 5.36. The number of hydrogen-bond donors (Lipinski definition) is 1. The van der Waals surface area contributed by atoms with Gasteiger partial charge in [0.2, 0.25) is 5.91 Å². The van der Waals surface area contributed by atoms with Crippen LogP contribution in [0.25, 0.3) is 0 Å². The molecular formula is C13H27N3O. The molecule has 4 nitrogen and oxygen atoms in total. The van der Waals surface area contributed by atoms with Gasteiger partial charge in [-0.25, -0.2) is 0 Å². The number of likely N-dealkylation sites (N-methyl/N-ethyl adjacent to an activating group) is 1. The Morgan fingerprint density at radius 1 is 1.35 bits per heavy atom. The van der Waals surface area contributed by atoms with Crippen molar-refractivity contribution in [3.05, 3.63) is 0 Å². The van der Waals surface area contributed by atoms with E-state index in [0.29, 0.717) is 5.92 Å². The highest BCUT2D eigenvalue weighted by Gasteiger charge is 2.34. The number of carbonyl (C=O) groups excluding carboxylic acids is 1. The Hall–Kier alpha value is -0.610. The molecule has 0 spiro atoms. The van der Waals surface area contributed by atoms with Crippen molar-refractivity contribution in [2.45, 2.75) is 45.7 Å². The molecule has 1 amide bonds. The number of hydrogen-bond acceptors (Lipinski definition) is 3. The van der Waals surface area contributed by atoms with Crippen molar-refractivity contribution < 1.29 is 4.79 Å². The molecule has 100 valence electrons. The lowest BCUT2D eigenvalue weighted by Crippen LogP contribution is -2.61. The standard InChI is InChI=1S/C13H27N3O/c1-10(2)8-11(14)12(17)16-7-6-15(5)13(3,4)9-16/h10-11H,6-9,14H2,1-5H3/t11-/m0/s1. The van der Waals surface area contributed by atoms with Gasteiger partial charge in [-0.05, 0) is 33.2 Å². The van der Waals surface area contributed by atoms with Crippen LogP contribution < -0.4 is 5.73 Å². The smallest absolute Gasteiger partial charge is 0.239 e. The molecule has 0 aliphatic carbocycles. The SMILES string of the molecule is CC(C)C[C@H](N)C(=O)N1CCN(C)C(C)(C)C1. The van der Waals surface area contributed by atoms with Crippen LogP contribution in [-0.4, -0.2) is 54.0 Å². The molecule has 0 aromatic rings. The van der Waals surface area contributed by atoms with E-state index in [1.807, 2.05) is 4.90 Å². The molecule has 1 saturated heterocycles. The molecular weight excluding hydrogens is 214 g/mol. The van der Waals surface area contributed by atoms with Gasteiger partial charge >= 0.3 is 0 Å². The van der Waals surface area contributed by atoms with Gasteiger partial charge in [-0.15, -0.1) is 0 Å². The molecule has 2 N–H and O–H groups in total. The molecule has 1 rings (SSSR count). The first-order chi connectivity index (χ1) is 7.74. The monoisotopic (exact) mass is 241 g/mol. The molecule has 1 aliphatic heterocycles. The van der Waals surface area contributed by atoms with Gasteiger partial charge in [-0.2, -0.15) is 0 Å². The van der Waals surface area contributed by atoms with Crippen LogP contribution in [0.1, 0.15) is 34.1 Å². The van der Waals surface area contributed by atoms with Gasteiger partial charge in [-0.1, -0.05) is 13.8 Å². The minimum atomic E-state index is -0.339. The number of nitrogens with zero attached hydrogens (tertiary/aromatic N) is 2. The average Bonchev–Trinajstić information content (AvgIpc) is 2.20. The van der Waals surface area contributed by atoms with Crippen molar-refractivity contribution in [2.75, 3.05) is 26.7 Å². The third-order valence-electron chi connectivity index (χ3n) is 3.67. The first kappa shape index (κ1) is 14.5.